The highest BCUT2D eigenvalue weighted by atomic mass is 16.5. The summed E-state index contributed by atoms with van der Waals surface area (Å²) in [5, 5.41) is 0. The number of aryl methyl sites for hydroxylation is 2. The van der Waals surface area contributed by atoms with Crippen LogP contribution in [0.2, 0.25) is 0 Å². The van der Waals surface area contributed by atoms with Gasteiger partial charge in [0.15, 0.2) is 0 Å². The van der Waals surface area contributed by atoms with Crippen LogP contribution in [-0.2, 0) is 27.3 Å². The van der Waals surface area contributed by atoms with E-state index in [0.717, 1.165) is 22.3 Å². The number of rotatable bonds is 8. The molecule has 0 saturated heterocycles. The molecule has 0 bridgehead atoms. The van der Waals surface area contributed by atoms with E-state index in [1.165, 1.54) is 0 Å². The van der Waals surface area contributed by atoms with E-state index in [2.05, 4.69) is 4.98 Å². The molecule has 1 amide bonds. The second-order valence-electron chi connectivity index (χ2n) is 6.34. The molecule has 0 saturated carbocycles. The van der Waals surface area contributed by atoms with Gasteiger partial charge in [0.05, 0.1) is 19.4 Å². The maximum absolute atomic E-state index is 12.9. The second-order valence-corrected chi connectivity index (χ2v) is 6.34. The summed E-state index contributed by atoms with van der Waals surface area (Å²) in [5.74, 6) is -0.296. The Hall–Kier alpha value is -2.69. The standard InChI is InChI=1S/C21H26N2O3/c1-4-26-21(25)9-11-23(15-18-6-5-10-22-14-18)20(24)13-19-12-16(2)7-8-17(19)3/h5-8,10,12,14H,4,9,11,13,15H2,1-3H3. The number of ether oxygens (including phenoxy) is 1. The highest BCUT2D eigenvalue weighted by molar-refractivity contribution is 5.80. The molecular formula is C21H26N2O3. The number of pyridine rings is 1. The number of nitrogens with zero attached hydrogens (tertiary/aromatic N) is 2. The Bertz CT molecular complexity index is 744. The van der Waals surface area contributed by atoms with E-state index < -0.39 is 0 Å². The topological polar surface area (TPSA) is 59.5 Å². The molecule has 2 rings (SSSR count). The van der Waals surface area contributed by atoms with Crippen LogP contribution in [0.15, 0.2) is 42.7 Å². The lowest BCUT2D eigenvalue weighted by molar-refractivity contribution is -0.144. The fourth-order valence-corrected chi connectivity index (χ4v) is 2.73. The lowest BCUT2D eigenvalue weighted by atomic mass is 10.0. The highest BCUT2D eigenvalue weighted by Crippen LogP contribution is 2.14. The van der Waals surface area contributed by atoms with Crippen LogP contribution in [0.5, 0.6) is 0 Å². The van der Waals surface area contributed by atoms with E-state index in [-0.39, 0.29) is 18.3 Å². The average Bonchev–Trinajstić information content (AvgIpc) is 2.62. The third kappa shape index (κ3) is 5.99. The summed E-state index contributed by atoms with van der Waals surface area (Å²) in [6.07, 6.45) is 3.94. The number of carbonyl (C=O) groups excluding carboxylic acids is 2. The van der Waals surface area contributed by atoms with Crippen molar-refractivity contribution in [2.75, 3.05) is 13.2 Å². The number of benzene rings is 1. The molecule has 0 aliphatic heterocycles. The molecule has 0 atom stereocenters. The van der Waals surface area contributed by atoms with Gasteiger partial charge in [-0.2, -0.15) is 0 Å². The van der Waals surface area contributed by atoms with Crippen molar-refractivity contribution in [3.63, 3.8) is 0 Å². The predicted molar refractivity (Wildman–Crippen MR) is 101 cm³/mol. The summed E-state index contributed by atoms with van der Waals surface area (Å²) in [6.45, 7) is 6.90. The van der Waals surface area contributed by atoms with E-state index in [1.807, 2.05) is 44.2 Å². The van der Waals surface area contributed by atoms with Gasteiger partial charge in [-0.25, -0.2) is 0 Å². The Kier molecular flexibility index (Phi) is 7.33. The largest absolute Gasteiger partial charge is 0.466 e. The molecule has 2 aromatic rings. The highest BCUT2D eigenvalue weighted by Gasteiger charge is 2.17. The third-order valence-corrected chi connectivity index (χ3v) is 4.19. The van der Waals surface area contributed by atoms with Crippen LogP contribution in [-0.4, -0.2) is 34.9 Å². The minimum Gasteiger partial charge on any atom is -0.466 e. The van der Waals surface area contributed by atoms with Crippen LogP contribution in [0, 0.1) is 13.8 Å². The Balaban J connectivity index is 2.11. The van der Waals surface area contributed by atoms with Crippen molar-refractivity contribution in [3.05, 3.63) is 65.0 Å². The number of aromatic nitrogens is 1. The van der Waals surface area contributed by atoms with Crippen LogP contribution in [0.4, 0.5) is 0 Å². The zero-order valence-electron chi connectivity index (χ0n) is 15.7. The van der Waals surface area contributed by atoms with E-state index in [0.29, 0.717) is 26.1 Å². The minimum absolute atomic E-state index is 0.00754. The first-order chi connectivity index (χ1) is 12.5. The molecule has 26 heavy (non-hydrogen) atoms. The van der Waals surface area contributed by atoms with Gasteiger partial charge in [-0.3, -0.25) is 14.6 Å². The molecule has 5 nitrogen and oxygen atoms in total. The number of esters is 1. The molecular weight excluding hydrogens is 328 g/mol. The van der Waals surface area contributed by atoms with Gasteiger partial charge in [0.25, 0.3) is 0 Å². The molecule has 0 N–H and O–H groups in total. The number of carbonyl (C=O) groups is 2. The second kappa shape index (κ2) is 9.70. The first-order valence-electron chi connectivity index (χ1n) is 8.88. The van der Waals surface area contributed by atoms with E-state index in [1.54, 1.807) is 24.2 Å². The fourth-order valence-electron chi connectivity index (χ4n) is 2.73. The summed E-state index contributed by atoms with van der Waals surface area (Å²) < 4.78 is 4.99. The maximum Gasteiger partial charge on any atom is 0.307 e. The maximum atomic E-state index is 12.9. The molecule has 0 aliphatic rings. The summed E-state index contributed by atoms with van der Waals surface area (Å²) in [5.41, 5.74) is 4.17. The number of amides is 1. The lowest BCUT2D eigenvalue weighted by Crippen LogP contribution is -2.34. The van der Waals surface area contributed by atoms with Gasteiger partial charge in [-0.05, 0) is 43.5 Å². The summed E-state index contributed by atoms with van der Waals surface area (Å²) in [4.78, 5) is 30.4. The molecule has 1 aromatic heterocycles. The summed E-state index contributed by atoms with van der Waals surface area (Å²) in [6, 6.07) is 9.88. The third-order valence-electron chi connectivity index (χ3n) is 4.19. The quantitative estimate of drug-likeness (QED) is 0.683. The molecule has 5 heteroatoms. The smallest absolute Gasteiger partial charge is 0.307 e. The van der Waals surface area contributed by atoms with Gasteiger partial charge in [0.2, 0.25) is 5.91 Å². The van der Waals surface area contributed by atoms with Gasteiger partial charge in [-0.15, -0.1) is 0 Å². The fraction of sp³-hybridized carbons (Fsp3) is 0.381. The van der Waals surface area contributed by atoms with Gasteiger partial charge < -0.3 is 9.64 Å². The van der Waals surface area contributed by atoms with Gasteiger partial charge >= 0.3 is 5.97 Å². The monoisotopic (exact) mass is 354 g/mol. The molecule has 0 fully saturated rings. The molecule has 0 aliphatic carbocycles. The van der Waals surface area contributed by atoms with Gasteiger partial charge in [0, 0.05) is 25.5 Å². The van der Waals surface area contributed by atoms with Crippen LogP contribution in [0.1, 0.15) is 35.6 Å². The molecule has 0 unspecified atom stereocenters. The Morgan fingerprint density at radius 1 is 1.19 bits per heavy atom. The van der Waals surface area contributed by atoms with Crippen molar-refractivity contribution in [3.8, 4) is 0 Å². The Morgan fingerprint density at radius 3 is 2.69 bits per heavy atom. The molecule has 138 valence electrons. The SMILES string of the molecule is CCOC(=O)CCN(Cc1cccnc1)C(=O)Cc1cc(C)ccc1C. The molecule has 1 aromatic carbocycles. The lowest BCUT2D eigenvalue weighted by Gasteiger charge is -2.23. The first-order valence-corrected chi connectivity index (χ1v) is 8.88. The molecule has 0 spiro atoms. The van der Waals surface area contributed by atoms with Crippen LogP contribution in [0.3, 0.4) is 0 Å². The van der Waals surface area contributed by atoms with Crippen molar-refractivity contribution >= 4 is 11.9 Å². The Labute approximate surface area is 155 Å². The molecule has 0 radical (unpaired) electrons. The summed E-state index contributed by atoms with van der Waals surface area (Å²) in [7, 11) is 0. The van der Waals surface area contributed by atoms with Gasteiger partial charge in [-0.1, -0.05) is 29.8 Å². The van der Waals surface area contributed by atoms with Crippen molar-refractivity contribution in [1.82, 2.24) is 9.88 Å². The normalized spacial score (nSPS) is 10.4. The Morgan fingerprint density at radius 2 is 2.00 bits per heavy atom. The van der Waals surface area contributed by atoms with Crippen molar-refractivity contribution in [2.24, 2.45) is 0 Å². The minimum atomic E-state index is -0.289. The van der Waals surface area contributed by atoms with E-state index >= 15 is 0 Å². The number of hydrogen-bond acceptors (Lipinski definition) is 4. The van der Waals surface area contributed by atoms with Crippen molar-refractivity contribution in [1.29, 1.82) is 0 Å². The van der Waals surface area contributed by atoms with Crippen LogP contribution in [0.25, 0.3) is 0 Å². The number of hydrogen-bond donors (Lipinski definition) is 0. The van der Waals surface area contributed by atoms with Crippen LogP contribution >= 0.6 is 0 Å². The first kappa shape index (κ1) is 19.6. The zero-order valence-corrected chi connectivity index (χ0v) is 15.7. The molecule has 1 heterocycles. The van der Waals surface area contributed by atoms with Crippen LogP contribution < -0.4 is 0 Å². The van der Waals surface area contributed by atoms with Crippen molar-refractivity contribution < 1.29 is 14.3 Å². The zero-order chi connectivity index (χ0) is 18.9. The van der Waals surface area contributed by atoms with E-state index in [4.69, 9.17) is 4.74 Å². The average molecular weight is 354 g/mol. The van der Waals surface area contributed by atoms with Gasteiger partial charge in [0.1, 0.15) is 0 Å². The predicted octanol–water partition coefficient (Wildman–Crippen LogP) is 3.22. The van der Waals surface area contributed by atoms with Crippen molar-refractivity contribution in [2.45, 2.75) is 40.2 Å². The summed E-state index contributed by atoms with van der Waals surface area (Å²) >= 11 is 0. The van der Waals surface area contributed by atoms with E-state index in [9.17, 15) is 9.59 Å².